The maximum atomic E-state index is 5.65. The van der Waals surface area contributed by atoms with E-state index < -0.39 is 0 Å². The van der Waals surface area contributed by atoms with Crippen molar-refractivity contribution in [1.29, 1.82) is 0 Å². The molecule has 0 fully saturated rings. The molecular weight excluding hydrogens is 170 g/mol. The maximum Gasteiger partial charge on any atom is -0.00490 e. The third-order valence-electron chi connectivity index (χ3n) is 2.93. The van der Waals surface area contributed by atoms with Crippen LogP contribution in [0.1, 0.15) is 58.3 Å². The molecule has 0 aliphatic rings. The molecule has 0 rings (SSSR count). The Kier molecular flexibility index (Phi) is 10.5. The van der Waals surface area contributed by atoms with Gasteiger partial charge in [0.05, 0.1) is 0 Å². The number of unbranched alkanes of at least 4 members (excludes halogenated alkanes) is 5. The molecule has 0 aromatic carbocycles. The molecule has 0 aliphatic heterocycles. The SMILES string of the molecule is C=CCCCCCCCC(CC)CN. The first-order valence-corrected chi connectivity index (χ1v) is 6.16. The van der Waals surface area contributed by atoms with Crippen LogP contribution in [0.15, 0.2) is 12.7 Å². The Morgan fingerprint density at radius 2 is 1.79 bits per heavy atom. The van der Waals surface area contributed by atoms with Gasteiger partial charge < -0.3 is 5.73 Å². The average molecular weight is 197 g/mol. The van der Waals surface area contributed by atoms with Gasteiger partial charge in [-0.05, 0) is 31.7 Å². The molecule has 0 spiro atoms. The summed E-state index contributed by atoms with van der Waals surface area (Å²) in [5, 5.41) is 0. The first-order valence-electron chi connectivity index (χ1n) is 6.16. The Bertz CT molecular complexity index is 116. The third-order valence-corrected chi connectivity index (χ3v) is 2.93. The largest absolute Gasteiger partial charge is 0.330 e. The summed E-state index contributed by atoms with van der Waals surface area (Å²) < 4.78 is 0. The molecule has 1 unspecified atom stereocenters. The lowest BCUT2D eigenvalue weighted by Gasteiger charge is -2.10. The van der Waals surface area contributed by atoms with E-state index in [4.69, 9.17) is 5.73 Å². The average Bonchev–Trinajstić information content (AvgIpc) is 2.22. The standard InChI is InChI=1S/C13H27N/c1-3-5-6-7-8-9-10-11-13(4-2)12-14/h3,13H,1,4-12,14H2,2H3. The van der Waals surface area contributed by atoms with Gasteiger partial charge in [0, 0.05) is 0 Å². The summed E-state index contributed by atoms with van der Waals surface area (Å²) in [4.78, 5) is 0. The van der Waals surface area contributed by atoms with Gasteiger partial charge in [-0.2, -0.15) is 0 Å². The van der Waals surface area contributed by atoms with Gasteiger partial charge in [-0.3, -0.25) is 0 Å². The topological polar surface area (TPSA) is 26.0 Å². The zero-order valence-corrected chi connectivity index (χ0v) is 9.80. The monoisotopic (exact) mass is 197 g/mol. The van der Waals surface area contributed by atoms with Crippen LogP contribution < -0.4 is 5.73 Å². The Morgan fingerprint density at radius 1 is 1.14 bits per heavy atom. The second-order valence-corrected chi connectivity index (χ2v) is 4.14. The van der Waals surface area contributed by atoms with Crippen molar-refractivity contribution in [2.75, 3.05) is 6.54 Å². The summed E-state index contributed by atoms with van der Waals surface area (Å²) in [5.74, 6) is 0.767. The molecule has 1 heteroatoms. The molecule has 14 heavy (non-hydrogen) atoms. The molecule has 1 nitrogen and oxygen atoms in total. The highest BCUT2D eigenvalue weighted by Crippen LogP contribution is 2.13. The zero-order valence-electron chi connectivity index (χ0n) is 9.80. The first kappa shape index (κ1) is 13.7. The van der Waals surface area contributed by atoms with Crippen molar-refractivity contribution < 1.29 is 0 Å². The summed E-state index contributed by atoms with van der Waals surface area (Å²) in [6.45, 7) is 6.83. The molecule has 0 bridgehead atoms. The van der Waals surface area contributed by atoms with Crippen LogP contribution in [0.3, 0.4) is 0 Å². The Hall–Kier alpha value is -0.300. The summed E-state index contributed by atoms with van der Waals surface area (Å²) in [6.07, 6.45) is 12.6. The summed E-state index contributed by atoms with van der Waals surface area (Å²) in [5.41, 5.74) is 5.65. The van der Waals surface area contributed by atoms with Crippen LogP contribution in [-0.2, 0) is 0 Å². The number of hydrogen-bond donors (Lipinski definition) is 1. The highest BCUT2D eigenvalue weighted by atomic mass is 14.5. The van der Waals surface area contributed by atoms with Crippen molar-refractivity contribution in [3.63, 3.8) is 0 Å². The lowest BCUT2D eigenvalue weighted by Crippen LogP contribution is -2.13. The fraction of sp³-hybridized carbons (Fsp3) is 0.846. The van der Waals surface area contributed by atoms with Crippen LogP contribution in [0.5, 0.6) is 0 Å². The second-order valence-electron chi connectivity index (χ2n) is 4.14. The minimum Gasteiger partial charge on any atom is -0.330 e. The van der Waals surface area contributed by atoms with Gasteiger partial charge in [0.2, 0.25) is 0 Å². The van der Waals surface area contributed by atoms with Gasteiger partial charge in [0.15, 0.2) is 0 Å². The second kappa shape index (κ2) is 10.8. The van der Waals surface area contributed by atoms with Crippen molar-refractivity contribution in [1.82, 2.24) is 0 Å². The first-order chi connectivity index (χ1) is 6.85. The quantitative estimate of drug-likeness (QED) is 0.417. The van der Waals surface area contributed by atoms with Gasteiger partial charge in [0.1, 0.15) is 0 Å². The van der Waals surface area contributed by atoms with E-state index in [0.717, 1.165) is 12.5 Å². The lowest BCUT2D eigenvalue weighted by atomic mass is 9.98. The predicted molar refractivity (Wildman–Crippen MR) is 65.4 cm³/mol. The molecule has 0 aromatic rings. The highest BCUT2D eigenvalue weighted by Gasteiger charge is 2.02. The highest BCUT2D eigenvalue weighted by molar-refractivity contribution is 4.65. The fourth-order valence-corrected chi connectivity index (χ4v) is 1.74. The van der Waals surface area contributed by atoms with Crippen LogP contribution in [0.25, 0.3) is 0 Å². The van der Waals surface area contributed by atoms with Crippen LogP contribution in [0.2, 0.25) is 0 Å². The molecule has 0 aliphatic carbocycles. The van der Waals surface area contributed by atoms with Gasteiger partial charge in [0.25, 0.3) is 0 Å². The van der Waals surface area contributed by atoms with Crippen LogP contribution in [-0.4, -0.2) is 6.54 Å². The van der Waals surface area contributed by atoms with E-state index >= 15 is 0 Å². The molecule has 0 saturated heterocycles. The van der Waals surface area contributed by atoms with Crippen molar-refractivity contribution >= 4 is 0 Å². The van der Waals surface area contributed by atoms with E-state index in [1.165, 1.54) is 51.4 Å². The summed E-state index contributed by atoms with van der Waals surface area (Å²) >= 11 is 0. The van der Waals surface area contributed by atoms with Gasteiger partial charge in [-0.1, -0.05) is 45.1 Å². The molecule has 0 saturated carbocycles. The molecule has 0 radical (unpaired) electrons. The van der Waals surface area contributed by atoms with Gasteiger partial charge in [-0.25, -0.2) is 0 Å². The third kappa shape index (κ3) is 8.31. The van der Waals surface area contributed by atoms with Crippen molar-refractivity contribution in [2.24, 2.45) is 11.7 Å². The summed E-state index contributed by atoms with van der Waals surface area (Å²) in [6, 6.07) is 0. The minimum absolute atomic E-state index is 0.767. The van der Waals surface area contributed by atoms with Crippen molar-refractivity contribution in [3.8, 4) is 0 Å². The molecule has 0 amide bonds. The van der Waals surface area contributed by atoms with Crippen molar-refractivity contribution in [2.45, 2.75) is 58.3 Å². The fourth-order valence-electron chi connectivity index (χ4n) is 1.74. The molecule has 0 heterocycles. The van der Waals surface area contributed by atoms with E-state index in [2.05, 4.69) is 13.5 Å². The Morgan fingerprint density at radius 3 is 2.36 bits per heavy atom. The van der Waals surface area contributed by atoms with Crippen LogP contribution in [0, 0.1) is 5.92 Å². The zero-order chi connectivity index (χ0) is 10.6. The predicted octanol–water partition coefficient (Wildman–Crippen LogP) is 3.89. The number of hydrogen-bond acceptors (Lipinski definition) is 1. The van der Waals surface area contributed by atoms with E-state index in [0.29, 0.717) is 0 Å². The van der Waals surface area contributed by atoms with Crippen LogP contribution >= 0.6 is 0 Å². The molecule has 84 valence electrons. The van der Waals surface area contributed by atoms with Crippen molar-refractivity contribution in [3.05, 3.63) is 12.7 Å². The normalized spacial score (nSPS) is 12.7. The molecule has 0 aromatic heterocycles. The van der Waals surface area contributed by atoms with E-state index in [9.17, 15) is 0 Å². The molecule has 1 atom stereocenters. The van der Waals surface area contributed by atoms with E-state index in [-0.39, 0.29) is 0 Å². The number of nitrogens with two attached hydrogens (primary N) is 1. The minimum atomic E-state index is 0.767. The van der Waals surface area contributed by atoms with Gasteiger partial charge >= 0.3 is 0 Å². The maximum absolute atomic E-state index is 5.65. The molecule has 2 N–H and O–H groups in total. The summed E-state index contributed by atoms with van der Waals surface area (Å²) in [7, 11) is 0. The molecular formula is C13H27N. The van der Waals surface area contributed by atoms with E-state index in [1.807, 2.05) is 6.08 Å². The van der Waals surface area contributed by atoms with Gasteiger partial charge in [-0.15, -0.1) is 6.58 Å². The lowest BCUT2D eigenvalue weighted by molar-refractivity contribution is 0.447. The smallest absolute Gasteiger partial charge is 0.00490 e. The van der Waals surface area contributed by atoms with Crippen LogP contribution in [0.4, 0.5) is 0 Å². The Labute approximate surface area is 89.8 Å². The number of rotatable bonds is 10. The number of allylic oxidation sites excluding steroid dienone is 1. The Balaban J connectivity index is 3.08. The van der Waals surface area contributed by atoms with E-state index in [1.54, 1.807) is 0 Å².